The van der Waals surface area contributed by atoms with Gasteiger partial charge in [0.2, 0.25) is 11.9 Å². The summed E-state index contributed by atoms with van der Waals surface area (Å²) in [5.41, 5.74) is -2.20. The van der Waals surface area contributed by atoms with Gasteiger partial charge in [-0.1, -0.05) is 18.7 Å². The summed E-state index contributed by atoms with van der Waals surface area (Å²) in [5, 5.41) is 14.0. The van der Waals surface area contributed by atoms with E-state index >= 15 is 0 Å². The molecule has 0 aliphatic carbocycles. The Morgan fingerprint density at radius 2 is 1.93 bits per heavy atom. The zero-order valence-electron chi connectivity index (χ0n) is 24.3. The van der Waals surface area contributed by atoms with Crippen LogP contribution in [0.15, 0.2) is 41.8 Å². The molecule has 2 atom stereocenters. The van der Waals surface area contributed by atoms with Gasteiger partial charge in [-0.2, -0.15) is 33.2 Å². The Labute approximate surface area is 251 Å². The minimum atomic E-state index is -4.71. The maximum Gasteiger partial charge on any atom is 0.418 e. The van der Waals surface area contributed by atoms with Crippen LogP contribution < -0.4 is 15.4 Å². The van der Waals surface area contributed by atoms with E-state index < -0.39 is 23.3 Å². The highest BCUT2D eigenvalue weighted by atomic mass is 19.4. The van der Waals surface area contributed by atoms with Gasteiger partial charge in [0.15, 0.2) is 0 Å². The second-order valence-corrected chi connectivity index (χ2v) is 11.4. The molecule has 2 aromatic heterocycles. The lowest BCUT2D eigenvalue weighted by Gasteiger charge is -2.41. The van der Waals surface area contributed by atoms with Crippen LogP contribution in [0, 0.1) is 18.3 Å². The first-order valence-electron chi connectivity index (χ1n) is 14.6. The summed E-state index contributed by atoms with van der Waals surface area (Å²) < 4.78 is 43.2. The lowest BCUT2D eigenvalue weighted by Crippen LogP contribution is -2.55. The van der Waals surface area contributed by atoms with Crippen molar-refractivity contribution in [2.75, 3.05) is 55.6 Å². The summed E-state index contributed by atoms with van der Waals surface area (Å²) in [4.78, 5) is 44.0. The van der Waals surface area contributed by atoms with Crippen molar-refractivity contribution in [1.82, 2.24) is 29.5 Å². The smallest absolute Gasteiger partial charge is 0.352 e. The number of alkyl halides is 3. The number of nitrogens with zero attached hydrogens (tertiary/aromatic N) is 9. The third-order valence-electron chi connectivity index (χ3n) is 8.81. The van der Waals surface area contributed by atoms with Crippen molar-refractivity contribution >= 4 is 28.6 Å². The van der Waals surface area contributed by atoms with Crippen LogP contribution >= 0.6 is 0 Å². The normalized spacial score (nSPS) is 20.9. The molecule has 3 saturated heterocycles. The summed E-state index contributed by atoms with van der Waals surface area (Å²) in [5.74, 6) is 0.427. The Balaban J connectivity index is 1.50. The fourth-order valence-electron chi connectivity index (χ4n) is 6.66. The molecule has 1 amide bonds. The second kappa shape index (κ2) is 11.5. The number of nitriles is 1. The molecule has 0 radical (unpaired) electrons. The molecule has 0 saturated carbocycles. The lowest BCUT2D eigenvalue weighted by atomic mass is 10.1. The first-order chi connectivity index (χ1) is 21.1. The van der Waals surface area contributed by atoms with Gasteiger partial charge in [0.05, 0.1) is 41.4 Å². The van der Waals surface area contributed by atoms with Crippen LogP contribution in [0.4, 0.5) is 24.9 Å². The fraction of sp³-hybridized carbons (Fsp3) is 0.467. The number of benzene rings is 1. The van der Waals surface area contributed by atoms with Gasteiger partial charge in [-0.05, 0) is 44.0 Å². The number of aryl methyl sites for hydroxylation is 1. The second-order valence-electron chi connectivity index (χ2n) is 11.4. The van der Waals surface area contributed by atoms with E-state index in [4.69, 9.17) is 4.98 Å². The number of fused-ring (bicyclic) bond motifs is 2. The SMILES string of the molecule is C=CC(=O)N1CCN(c2nc(N3CCN4CCC[C@@H]4C3)nc3c(=O)n(-c4cccc(C)c4C(F)(F)F)ncc23)C[C@@H]1CC#N. The van der Waals surface area contributed by atoms with E-state index in [9.17, 15) is 28.0 Å². The van der Waals surface area contributed by atoms with E-state index in [1.54, 1.807) is 4.90 Å². The average molecular weight is 608 g/mol. The van der Waals surface area contributed by atoms with Crippen LogP contribution in [0.2, 0.25) is 0 Å². The molecule has 5 heterocycles. The predicted octanol–water partition coefficient (Wildman–Crippen LogP) is 2.90. The van der Waals surface area contributed by atoms with Gasteiger partial charge in [-0.25, -0.2) is 4.98 Å². The molecule has 0 bridgehead atoms. The van der Waals surface area contributed by atoms with Crippen molar-refractivity contribution < 1.29 is 18.0 Å². The van der Waals surface area contributed by atoms with Crippen LogP contribution in [0.5, 0.6) is 0 Å². The zero-order chi connectivity index (χ0) is 31.2. The molecule has 0 N–H and O–H groups in total. The third-order valence-corrected chi connectivity index (χ3v) is 8.81. The minimum absolute atomic E-state index is 0.0298. The fourth-order valence-corrected chi connectivity index (χ4v) is 6.66. The molecule has 230 valence electrons. The molecular formula is C30H32F3N9O2. The Kier molecular flexibility index (Phi) is 7.75. The first kappa shape index (κ1) is 29.6. The highest BCUT2D eigenvalue weighted by Crippen LogP contribution is 2.36. The van der Waals surface area contributed by atoms with E-state index in [0.29, 0.717) is 44.0 Å². The van der Waals surface area contributed by atoms with E-state index in [1.165, 1.54) is 37.4 Å². The van der Waals surface area contributed by atoms with Crippen LogP contribution in [0.1, 0.15) is 30.4 Å². The van der Waals surface area contributed by atoms with Gasteiger partial charge in [0.25, 0.3) is 5.56 Å². The monoisotopic (exact) mass is 607 g/mol. The minimum Gasteiger partial charge on any atom is -0.352 e. The van der Waals surface area contributed by atoms with Crippen molar-refractivity contribution in [2.24, 2.45) is 0 Å². The maximum absolute atomic E-state index is 14.1. The quantitative estimate of drug-likeness (QED) is 0.404. The number of piperazine rings is 2. The number of rotatable bonds is 5. The molecule has 0 unspecified atom stereocenters. The van der Waals surface area contributed by atoms with Gasteiger partial charge >= 0.3 is 6.18 Å². The number of carbonyl (C=O) groups is 1. The Morgan fingerprint density at radius 3 is 2.68 bits per heavy atom. The van der Waals surface area contributed by atoms with Crippen LogP contribution in [0.3, 0.4) is 0 Å². The maximum atomic E-state index is 14.1. The van der Waals surface area contributed by atoms with Gasteiger partial charge in [-0.15, -0.1) is 0 Å². The molecule has 11 nitrogen and oxygen atoms in total. The number of halogens is 3. The summed E-state index contributed by atoms with van der Waals surface area (Å²) in [6.07, 6.45) is 0.0505. The number of hydrogen-bond donors (Lipinski definition) is 0. The molecular weight excluding hydrogens is 575 g/mol. The number of anilines is 2. The number of carbonyl (C=O) groups excluding carboxylic acids is 1. The van der Waals surface area contributed by atoms with Gasteiger partial charge in [-0.3, -0.25) is 14.5 Å². The zero-order valence-corrected chi connectivity index (χ0v) is 24.3. The van der Waals surface area contributed by atoms with Crippen molar-refractivity contribution in [2.45, 2.75) is 44.4 Å². The molecule has 3 aliphatic rings. The van der Waals surface area contributed by atoms with Gasteiger partial charge < -0.3 is 14.7 Å². The average Bonchev–Trinajstić information content (AvgIpc) is 3.48. The molecule has 6 rings (SSSR count). The molecule has 14 heteroatoms. The lowest BCUT2D eigenvalue weighted by molar-refractivity contribution is -0.138. The Hall–Kier alpha value is -4.51. The van der Waals surface area contributed by atoms with Crippen molar-refractivity contribution in [3.63, 3.8) is 0 Å². The number of amides is 1. The van der Waals surface area contributed by atoms with E-state index in [2.05, 4.69) is 27.6 Å². The highest BCUT2D eigenvalue weighted by Gasteiger charge is 2.37. The molecule has 3 fully saturated rings. The third kappa shape index (κ3) is 5.25. The van der Waals surface area contributed by atoms with E-state index in [0.717, 1.165) is 30.6 Å². The summed E-state index contributed by atoms with van der Waals surface area (Å²) in [6, 6.07) is 6.03. The van der Waals surface area contributed by atoms with Crippen molar-refractivity contribution in [1.29, 1.82) is 5.26 Å². The van der Waals surface area contributed by atoms with Crippen LogP contribution in [0.25, 0.3) is 16.6 Å². The van der Waals surface area contributed by atoms with Crippen molar-refractivity contribution in [3.05, 3.63) is 58.5 Å². The first-order valence-corrected chi connectivity index (χ1v) is 14.6. The topological polar surface area (TPSA) is 114 Å². The molecule has 3 aromatic rings. The van der Waals surface area contributed by atoms with E-state index in [-0.39, 0.29) is 41.0 Å². The molecule has 1 aromatic carbocycles. The Morgan fingerprint density at radius 1 is 1.14 bits per heavy atom. The highest BCUT2D eigenvalue weighted by molar-refractivity contribution is 5.90. The van der Waals surface area contributed by atoms with Crippen LogP contribution in [-0.4, -0.2) is 93.4 Å². The Bertz CT molecular complexity index is 1720. The summed E-state index contributed by atoms with van der Waals surface area (Å²) in [7, 11) is 0. The molecule has 3 aliphatic heterocycles. The molecule has 0 spiro atoms. The largest absolute Gasteiger partial charge is 0.418 e. The molecule has 44 heavy (non-hydrogen) atoms. The van der Waals surface area contributed by atoms with Gasteiger partial charge in [0.1, 0.15) is 11.3 Å². The van der Waals surface area contributed by atoms with Crippen molar-refractivity contribution in [3.8, 4) is 11.8 Å². The predicted molar refractivity (Wildman–Crippen MR) is 158 cm³/mol. The van der Waals surface area contributed by atoms with E-state index in [1.807, 2.05) is 9.80 Å². The number of hydrogen-bond acceptors (Lipinski definition) is 9. The standard InChI is InChI=1S/C30H32F3N9O2/c1-3-24(43)41-15-14-39(18-21(41)9-10-34)27-22-16-35-42(23-8-4-6-19(2)25(23)30(31,32)33)28(44)26(22)36-29(37-27)40-13-12-38-11-5-7-20(38)17-40/h3-4,6,8,16,20-21H,1,5,7,9,11-15,17-18H2,2H3/t20-,21+/m1/s1. The summed E-state index contributed by atoms with van der Waals surface area (Å²) in [6.45, 7) is 8.96. The van der Waals surface area contributed by atoms with Gasteiger partial charge in [0, 0.05) is 45.3 Å². The number of aromatic nitrogens is 4. The van der Waals surface area contributed by atoms with Crippen LogP contribution in [-0.2, 0) is 11.0 Å². The summed E-state index contributed by atoms with van der Waals surface area (Å²) >= 11 is 0.